The number of rotatable bonds is 3. The van der Waals surface area contributed by atoms with Gasteiger partial charge < -0.3 is 0 Å². The van der Waals surface area contributed by atoms with Crippen molar-refractivity contribution in [2.75, 3.05) is 0 Å². The molecule has 3 heteroatoms. The Bertz CT molecular complexity index is 2070. The molecule has 176 valence electrons. The average molecular weight is 484 g/mol. The summed E-state index contributed by atoms with van der Waals surface area (Å²) < 4.78 is 2.07. The molecule has 2 aromatic heterocycles. The van der Waals surface area contributed by atoms with Crippen LogP contribution in [-0.2, 0) is 0 Å². The van der Waals surface area contributed by atoms with Crippen molar-refractivity contribution in [3.05, 3.63) is 121 Å². The van der Waals surface area contributed by atoms with E-state index in [0.717, 1.165) is 33.5 Å². The Morgan fingerprint density at radius 3 is 2.21 bits per heavy atom. The number of allylic oxidation sites excluding steroid dienone is 1. The average Bonchev–Trinajstić information content (AvgIpc) is 3.30. The maximum absolute atomic E-state index is 5.93. The van der Waals surface area contributed by atoms with Gasteiger partial charge in [0.25, 0.3) is 0 Å². The van der Waals surface area contributed by atoms with Crippen molar-refractivity contribution in [2.45, 2.75) is 6.92 Å². The van der Waals surface area contributed by atoms with Crippen molar-refractivity contribution in [1.82, 2.24) is 14.5 Å². The first-order valence-corrected chi connectivity index (χ1v) is 12.5. The summed E-state index contributed by atoms with van der Waals surface area (Å²) in [6, 6.07) is 35.6. The van der Waals surface area contributed by atoms with Crippen LogP contribution in [0, 0.1) is 24.5 Å². The number of hydrogen-bond donors (Lipinski definition) is 0. The third kappa shape index (κ3) is 3.20. The molecule has 0 aliphatic rings. The van der Waals surface area contributed by atoms with Gasteiger partial charge in [-0.1, -0.05) is 84.8 Å². The van der Waals surface area contributed by atoms with Crippen LogP contribution in [-0.4, -0.2) is 14.5 Å². The van der Waals surface area contributed by atoms with E-state index in [-0.39, 0.29) is 0 Å². The smallest absolute Gasteiger partial charge is 0.161 e. The summed E-state index contributed by atoms with van der Waals surface area (Å²) in [5.41, 5.74) is 3.56. The van der Waals surface area contributed by atoms with Gasteiger partial charge in [-0.15, -0.1) is 6.42 Å². The van der Waals surface area contributed by atoms with E-state index in [9.17, 15) is 0 Å². The molecule has 7 rings (SSSR count). The second kappa shape index (κ2) is 8.63. The van der Waals surface area contributed by atoms with Crippen molar-refractivity contribution in [3.63, 3.8) is 0 Å². The highest BCUT2D eigenvalue weighted by Crippen LogP contribution is 2.37. The van der Waals surface area contributed by atoms with Gasteiger partial charge in [0.05, 0.1) is 22.2 Å². The van der Waals surface area contributed by atoms with Crippen molar-refractivity contribution >= 4 is 49.3 Å². The molecule has 0 saturated carbocycles. The molecule has 38 heavy (non-hydrogen) atoms. The van der Waals surface area contributed by atoms with Crippen molar-refractivity contribution < 1.29 is 0 Å². The van der Waals surface area contributed by atoms with Crippen LogP contribution < -0.4 is 0 Å². The van der Waals surface area contributed by atoms with Crippen molar-refractivity contribution in [2.24, 2.45) is 0 Å². The lowest BCUT2D eigenvalue weighted by Crippen LogP contribution is -2.02. The zero-order valence-corrected chi connectivity index (χ0v) is 20.7. The summed E-state index contributed by atoms with van der Waals surface area (Å²) in [6.45, 7) is 1.98. The Labute approximate surface area is 220 Å². The fourth-order valence-electron chi connectivity index (χ4n) is 5.50. The zero-order chi connectivity index (χ0) is 25.6. The minimum absolute atomic E-state index is 0.656. The lowest BCUT2D eigenvalue weighted by Gasteiger charge is -2.12. The molecule has 3 nitrogen and oxygen atoms in total. The molecule has 0 aliphatic heterocycles. The first kappa shape index (κ1) is 21.9. The van der Waals surface area contributed by atoms with Crippen LogP contribution in [0.15, 0.2) is 97.2 Å². The van der Waals surface area contributed by atoms with E-state index in [1.54, 1.807) is 6.20 Å². The van der Waals surface area contributed by atoms with Gasteiger partial charge in [0.2, 0.25) is 0 Å². The van der Waals surface area contributed by atoms with E-state index in [0.29, 0.717) is 5.82 Å². The molecule has 0 radical (unpaired) electrons. The molecule has 0 saturated heterocycles. The second-order valence-corrected chi connectivity index (χ2v) is 9.19. The first-order chi connectivity index (χ1) is 18.8. The molecule has 0 atom stereocenters. The summed E-state index contributed by atoms with van der Waals surface area (Å²) in [7, 11) is 0. The van der Waals surface area contributed by atoms with Gasteiger partial charge >= 0.3 is 0 Å². The van der Waals surface area contributed by atoms with Crippen LogP contribution in [0.5, 0.6) is 0 Å². The maximum atomic E-state index is 5.93. The molecular formula is C35H21N3. The topological polar surface area (TPSA) is 30.7 Å². The number of terminal acetylenes is 1. The van der Waals surface area contributed by atoms with Crippen LogP contribution in [0.2, 0.25) is 0 Å². The van der Waals surface area contributed by atoms with Gasteiger partial charge in [0.15, 0.2) is 5.82 Å². The predicted molar refractivity (Wildman–Crippen MR) is 157 cm³/mol. The first-order valence-electron chi connectivity index (χ1n) is 12.5. The standard InChI is InChI=1S/C35H21N3/c1-3-11-32-24(4-2)30-16-9-10-17-33(30)38(32)34-20-21-36-35(37-34)23-18-19-29-27-14-6-5-12-25(27)26-13-7-8-15-28(26)31(29)22-23/h2-3,5-8,10-15,17-22H,1H3/b11-3-. The highest BCUT2D eigenvalue weighted by molar-refractivity contribution is 6.25. The molecule has 5 aromatic carbocycles. The van der Waals surface area contributed by atoms with Crippen LogP contribution in [0.25, 0.3) is 66.5 Å². The monoisotopic (exact) mass is 483 g/mol. The Morgan fingerprint density at radius 1 is 0.842 bits per heavy atom. The van der Waals surface area contributed by atoms with Gasteiger partial charge in [-0.2, -0.15) is 0 Å². The summed E-state index contributed by atoms with van der Waals surface area (Å²) in [4.78, 5) is 9.70. The van der Waals surface area contributed by atoms with Gasteiger partial charge in [-0.25, -0.2) is 9.97 Å². The minimum Gasteiger partial charge on any atom is -0.292 e. The highest BCUT2D eigenvalue weighted by Gasteiger charge is 2.17. The number of nitrogens with zero attached hydrogens (tertiary/aromatic N) is 3. The fraction of sp³-hybridized carbons (Fsp3) is 0.0286. The van der Waals surface area contributed by atoms with E-state index in [1.807, 2.05) is 37.3 Å². The van der Waals surface area contributed by atoms with Crippen molar-refractivity contribution in [3.8, 4) is 29.5 Å². The molecule has 2 heterocycles. The Morgan fingerprint density at radius 2 is 1.53 bits per heavy atom. The summed E-state index contributed by atoms with van der Waals surface area (Å²) in [5.74, 6) is 4.25. The minimum atomic E-state index is 0.656. The predicted octanol–water partition coefficient (Wildman–Crippen LogP) is 8.16. The van der Waals surface area contributed by atoms with E-state index >= 15 is 0 Å². The number of benzene rings is 4. The Kier molecular flexibility index (Phi) is 4.96. The number of fused-ring (bicyclic) bond motifs is 7. The highest BCUT2D eigenvalue weighted by atomic mass is 15.1. The molecular weight excluding hydrogens is 462 g/mol. The molecule has 0 fully saturated rings. The molecule has 0 bridgehead atoms. The SMILES string of the molecule is C#Cc1c(/C=C\C)n(-c2ccnc(-c3ccc4c5ccccc5c5ccccc5c4c3)n2)c2ccc#cc12. The molecule has 0 spiro atoms. The lowest BCUT2D eigenvalue weighted by molar-refractivity contribution is 1.00. The lowest BCUT2D eigenvalue weighted by atomic mass is 9.93. The molecule has 0 aliphatic carbocycles. The van der Waals surface area contributed by atoms with E-state index in [2.05, 4.69) is 94.3 Å². The number of hydrogen-bond acceptors (Lipinski definition) is 2. The molecule has 7 aromatic rings. The summed E-state index contributed by atoms with van der Waals surface area (Å²) in [6.07, 6.45) is 11.7. The normalized spacial score (nSPS) is 11.5. The van der Waals surface area contributed by atoms with Crippen LogP contribution in [0.3, 0.4) is 0 Å². The van der Waals surface area contributed by atoms with Gasteiger partial charge in [0.1, 0.15) is 5.82 Å². The van der Waals surface area contributed by atoms with E-state index < -0.39 is 0 Å². The largest absolute Gasteiger partial charge is 0.292 e. The van der Waals surface area contributed by atoms with Gasteiger partial charge in [-0.3, -0.25) is 4.57 Å². The Balaban J connectivity index is 1.47. The molecule has 0 amide bonds. The second-order valence-electron chi connectivity index (χ2n) is 9.19. The van der Waals surface area contributed by atoms with Crippen LogP contribution in [0.4, 0.5) is 0 Å². The zero-order valence-electron chi connectivity index (χ0n) is 20.7. The number of aromatic nitrogens is 3. The maximum Gasteiger partial charge on any atom is 0.161 e. The quantitative estimate of drug-likeness (QED) is 0.187. The molecule has 0 unspecified atom stereocenters. The van der Waals surface area contributed by atoms with Gasteiger partial charge in [0, 0.05) is 11.8 Å². The van der Waals surface area contributed by atoms with Crippen molar-refractivity contribution in [1.29, 1.82) is 0 Å². The van der Waals surface area contributed by atoms with Crippen LogP contribution >= 0.6 is 0 Å². The summed E-state index contributed by atoms with van der Waals surface area (Å²) in [5, 5.41) is 8.22. The van der Waals surface area contributed by atoms with E-state index in [4.69, 9.17) is 11.4 Å². The van der Waals surface area contributed by atoms with Gasteiger partial charge in [-0.05, 0) is 69.6 Å². The summed E-state index contributed by atoms with van der Waals surface area (Å²) >= 11 is 0. The van der Waals surface area contributed by atoms with E-state index in [1.165, 1.54) is 32.3 Å². The van der Waals surface area contributed by atoms with Crippen LogP contribution in [0.1, 0.15) is 18.2 Å². The third-order valence-electron chi connectivity index (χ3n) is 7.11. The fourth-order valence-corrected chi connectivity index (χ4v) is 5.50. The molecule has 0 N–H and O–H groups in total. The Hall–Kier alpha value is -5.38. The third-order valence-corrected chi connectivity index (χ3v) is 7.11.